The van der Waals surface area contributed by atoms with Crippen LogP contribution in [0.3, 0.4) is 0 Å². The first kappa shape index (κ1) is 12.6. The molecule has 6 nitrogen and oxygen atoms in total. The van der Waals surface area contributed by atoms with E-state index in [0.717, 1.165) is 13.2 Å². The molecule has 1 aromatic rings. The number of alkyl halides is 2. The van der Waals surface area contributed by atoms with Crippen molar-refractivity contribution >= 4 is 15.7 Å². The van der Waals surface area contributed by atoms with Crippen molar-refractivity contribution < 1.29 is 21.9 Å². The average molecular weight is 253 g/mol. The van der Waals surface area contributed by atoms with Gasteiger partial charge in [-0.3, -0.25) is 0 Å². The third-order valence-corrected chi connectivity index (χ3v) is 2.50. The number of primary sulfonamides is 1. The fourth-order valence-corrected chi connectivity index (χ4v) is 1.75. The summed E-state index contributed by atoms with van der Waals surface area (Å²) in [5.74, 6) is -0.341. The summed E-state index contributed by atoms with van der Waals surface area (Å²) in [5, 5.41) is 4.00. The lowest BCUT2D eigenvalue weighted by atomic mass is 10.3. The summed E-state index contributed by atoms with van der Waals surface area (Å²) in [4.78, 5) is 3.21. The second kappa shape index (κ2) is 4.18. The van der Waals surface area contributed by atoms with Gasteiger partial charge in [0.05, 0.1) is 12.8 Å². The highest BCUT2D eigenvalue weighted by molar-refractivity contribution is 7.89. The number of methoxy groups -OCH3 is 1. The number of nitrogens with zero attached hydrogens (tertiary/aromatic N) is 1. The van der Waals surface area contributed by atoms with E-state index in [1.54, 1.807) is 0 Å². The summed E-state index contributed by atoms with van der Waals surface area (Å²) >= 11 is 0. The minimum absolute atomic E-state index is 0.267. The highest BCUT2D eigenvalue weighted by Gasteiger charge is 2.23. The summed E-state index contributed by atoms with van der Waals surface area (Å²) in [5.41, 5.74) is 4.31. The number of hydrogen-bond acceptors (Lipinski definition) is 5. The first-order valence-electron chi connectivity index (χ1n) is 3.92. The summed E-state index contributed by atoms with van der Waals surface area (Å²) in [6, 6.07) is 0.832. The molecule has 0 saturated carbocycles. The zero-order chi connectivity index (χ0) is 12.5. The number of pyridine rings is 1. The summed E-state index contributed by atoms with van der Waals surface area (Å²) in [6.07, 6.45) is -2.95. The number of ether oxygens (including phenoxy) is 1. The van der Waals surface area contributed by atoms with Crippen LogP contribution in [0.5, 0.6) is 5.75 Å². The maximum Gasteiger partial charge on any atom is 0.280 e. The summed E-state index contributed by atoms with van der Waals surface area (Å²) in [6.45, 7) is 0. The predicted octanol–water partition coefficient (Wildman–Crippen LogP) is 0.257. The van der Waals surface area contributed by atoms with Crippen molar-refractivity contribution in [3.05, 3.63) is 11.8 Å². The Morgan fingerprint density at radius 2 is 2.06 bits per heavy atom. The molecule has 0 aliphatic rings. The summed E-state index contributed by atoms with van der Waals surface area (Å²) in [7, 11) is -3.14. The SMILES string of the molecule is COc1c(N)cc(C(F)F)nc1S(N)(=O)=O. The largest absolute Gasteiger partial charge is 0.492 e. The Labute approximate surface area is 90.3 Å². The van der Waals surface area contributed by atoms with Crippen LogP contribution < -0.4 is 15.6 Å². The van der Waals surface area contributed by atoms with Crippen LogP contribution in [0.2, 0.25) is 0 Å². The Hall–Kier alpha value is -1.48. The van der Waals surface area contributed by atoms with Gasteiger partial charge in [0.2, 0.25) is 5.03 Å². The molecule has 0 saturated heterocycles. The number of sulfonamides is 1. The van der Waals surface area contributed by atoms with Gasteiger partial charge in [-0.25, -0.2) is 27.3 Å². The van der Waals surface area contributed by atoms with Crippen LogP contribution in [0.25, 0.3) is 0 Å². The van der Waals surface area contributed by atoms with E-state index >= 15 is 0 Å². The fraction of sp³-hybridized carbons (Fsp3) is 0.286. The molecule has 0 bridgehead atoms. The Balaban J connectivity index is 3.56. The average Bonchev–Trinajstić information content (AvgIpc) is 2.14. The highest BCUT2D eigenvalue weighted by Crippen LogP contribution is 2.31. The highest BCUT2D eigenvalue weighted by atomic mass is 32.2. The van der Waals surface area contributed by atoms with Crippen LogP contribution in [-0.4, -0.2) is 20.5 Å². The molecule has 90 valence electrons. The topological polar surface area (TPSA) is 108 Å². The summed E-state index contributed by atoms with van der Waals surface area (Å²) < 4.78 is 51.5. The van der Waals surface area contributed by atoms with Crippen LogP contribution in [0.4, 0.5) is 14.5 Å². The van der Waals surface area contributed by atoms with Crippen LogP contribution in [0.1, 0.15) is 12.1 Å². The van der Waals surface area contributed by atoms with Crippen molar-refractivity contribution in [1.29, 1.82) is 0 Å². The van der Waals surface area contributed by atoms with Crippen molar-refractivity contribution in [1.82, 2.24) is 4.98 Å². The van der Waals surface area contributed by atoms with Crippen LogP contribution in [0.15, 0.2) is 11.1 Å². The van der Waals surface area contributed by atoms with Crippen molar-refractivity contribution in [2.24, 2.45) is 5.14 Å². The molecule has 0 aromatic carbocycles. The van der Waals surface area contributed by atoms with Gasteiger partial charge < -0.3 is 10.5 Å². The normalized spacial score (nSPS) is 11.8. The fourth-order valence-electron chi connectivity index (χ4n) is 1.06. The molecule has 0 radical (unpaired) electrons. The Kier molecular flexibility index (Phi) is 3.29. The number of nitrogens with two attached hydrogens (primary N) is 2. The Bertz CT molecular complexity index is 504. The predicted molar refractivity (Wildman–Crippen MR) is 51.5 cm³/mol. The quantitative estimate of drug-likeness (QED) is 0.803. The molecule has 1 aromatic heterocycles. The molecule has 4 N–H and O–H groups in total. The molecular formula is C7H9F2N3O3S. The standard InChI is InChI=1S/C7H9F2N3O3S/c1-15-5-3(10)2-4(6(8)9)12-7(5)16(11,13)14/h2,6H,1H3,(H2,10,12)(H2,11,13,14). The molecule has 1 heterocycles. The molecular weight excluding hydrogens is 244 g/mol. The lowest BCUT2D eigenvalue weighted by Crippen LogP contribution is -2.17. The van der Waals surface area contributed by atoms with E-state index in [-0.39, 0.29) is 11.4 Å². The van der Waals surface area contributed by atoms with Crippen molar-refractivity contribution in [3.63, 3.8) is 0 Å². The van der Waals surface area contributed by atoms with Crippen LogP contribution in [-0.2, 0) is 10.0 Å². The smallest absolute Gasteiger partial charge is 0.280 e. The molecule has 0 spiro atoms. The zero-order valence-electron chi connectivity index (χ0n) is 8.15. The first-order chi connectivity index (χ1) is 7.27. The molecule has 9 heteroatoms. The lowest BCUT2D eigenvalue weighted by Gasteiger charge is -2.10. The van der Waals surface area contributed by atoms with Gasteiger partial charge >= 0.3 is 0 Å². The van der Waals surface area contributed by atoms with Crippen molar-refractivity contribution in [2.45, 2.75) is 11.5 Å². The second-order valence-corrected chi connectivity index (χ2v) is 4.30. The number of nitrogen functional groups attached to an aromatic ring is 1. The maximum absolute atomic E-state index is 12.4. The third-order valence-electron chi connectivity index (χ3n) is 1.69. The molecule has 0 unspecified atom stereocenters. The molecule has 0 atom stereocenters. The van der Waals surface area contributed by atoms with Crippen molar-refractivity contribution in [2.75, 3.05) is 12.8 Å². The second-order valence-electron chi connectivity index (χ2n) is 2.82. The minimum Gasteiger partial charge on any atom is -0.492 e. The van der Waals surface area contributed by atoms with Crippen LogP contribution in [0, 0.1) is 0 Å². The van der Waals surface area contributed by atoms with Gasteiger partial charge in [-0.05, 0) is 6.07 Å². The number of halogens is 2. The van der Waals surface area contributed by atoms with Gasteiger partial charge in [0.1, 0.15) is 5.69 Å². The minimum atomic E-state index is -4.27. The van der Waals surface area contributed by atoms with E-state index in [4.69, 9.17) is 10.9 Å². The molecule has 16 heavy (non-hydrogen) atoms. The molecule has 0 fully saturated rings. The van der Waals surface area contributed by atoms with Gasteiger partial charge in [0.15, 0.2) is 5.75 Å². The number of hydrogen-bond donors (Lipinski definition) is 2. The van der Waals surface area contributed by atoms with Gasteiger partial charge in [0, 0.05) is 0 Å². The van der Waals surface area contributed by atoms with Gasteiger partial charge in [0.25, 0.3) is 16.4 Å². The molecule has 0 amide bonds. The van der Waals surface area contributed by atoms with E-state index in [1.165, 1.54) is 0 Å². The third kappa shape index (κ3) is 2.36. The number of anilines is 1. The zero-order valence-corrected chi connectivity index (χ0v) is 8.96. The Morgan fingerprint density at radius 3 is 2.44 bits per heavy atom. The van der Waals surface area contributed by atoms with E-state index in [1.807, 2.05) is 0 Å². The first-order valence-corrected chi connectivity index (χ1v) is 5.47. The van der Waals surface area contributed by atoms with E-state index < -0.39 is 27.2 Å². The van der Waals surface area contributed by atoms with E-state index in [0.29, 0.717) is 0 Å². The van der Waals surface area contributed by atoms with Gasteiger partial charge in [-0.15, -0.1) is 0 Å². The van der Waals surface area contributed by atoms with E-state index in [9.17, 15) is 17.2 Å². The maximum atomic E-state index is 12.4. The van der Waals surface area contributed by atoms with Gasteiger partial charge in [-0.2, -0.15) is 0 Å². The monoisotopic (exact) mass is 253 g/mol. The number of aromatic nitrogens is 1. The molecule has 1 rings (SSSR count). The molecule has 0 aliphatic heterocycles. The molecule has 0 aliphatic carbocycles. The van der Waals surface area contributed by atoms with Gasteiger partial charge in [-0.1, -0.05) is 0 Å². The Morgan fingerprint density at radius 1 is 1.50 bits per heavy atom. The lowest BCUT2D eigenvalue weighted by molar-refractivity contribution is 0.145. The number of rotatable bonds is 3. The van der Waals surface area contributed by atoms with E-state index in [2.05, 4.69) is 9.72 Å². The van der Waals surface area contributed by atoms with Crippen LogP contribution >= 0.6 is 0 Å². The van der Waals surface area contributed by atoms with Crippen molar-refractivity contribution in [3.8, 4) is 5.75 Å².